The average molecular weight is 269 g/mol. The molecule has 1 N–H and O–H groups in total. The van der Waals surface area contributed by atoms with E-state index < -0.39 is 0 Å². The molecule has 0 bridgehead atoms. The Bertz CT molecular complexity index is 409. The molecule has 2 rings (SSSR count). The van der Waals surface area contributed by atoms with E-state index in [0.29, 0.717) is 11.9 Å². The van der Waals surface area contributed by atoms with Crippen LogP contribution in [-0.2, 0) is 6.42 Å². The first kappa shape index (κ1) is 13.5. The molecule has 0 saturated carbocycles. The van der Waals surface area contributed by atoms with E-state index in [4.69, 9.17) is 16.3 Å². The standard InChI is InChI=1S/C15H21ClO2/c1-15(2,16)9-3-4-13-7-5-11-10-12(17)6-8-14(11)18-13/h6,8,10,13,17H,3-5,7,9H2,1-2H3. The summed E-state index contributed by atoms with van der Waals surface area (Å²) in [5.41, 5.74) is 1.11. The molecule has 0 aromatic heterocycles. The molecule has 1 heterocycles. The SMILES string of the molecule is CC(C)(Cl)CCCC1CCc2cc(O)ccc2O1. The van der Waals surface area contributed by atoms with Gasteiger partial charge in [0.25, 0.3) is 0 Å². The second kappa shape index (κ2) is 5.40. The van der Waals surface area contributed by atoms with Crippen molar-refractivity contribution in [2.75, 3.05) is 0 Å². The van der Waals surface area contributed by atoms with E-state index >= 15 is 0 Å². The van der Waals surface area contributed by atoms with E-state index in [-0.39, 0.29) is 4.87 Å². The minimum Gasteiger partial charge on any atom is -0.508 e. The zero-order valence-electron chi connectivity index (χ0n) is 11.1. The normalized spacial score (nSPS) is 19.2. The molecule has 0 spiro atoms. The van der Waals surface area contributed by atoms with E-state index in [0.717, 1.165) is 43.4 Å². The number of rotatable bonds is 4. The molecule has 0 amide bonds. The number of alkyl halides is 1. The van der Waals surface area contributed by atoms with Crippen LogP contribution in [0.4, 0.5) is 0 Å². The van der Waals surface area contributed by atoms with Gasteiger partial charge in [0, 0.05) is 4.87 Å². The molecule has 1 atom stereocenters. The van der Waals surface area contributed by atoms with Gasteiger partial charge in [0.1, 0.15) is 11.5 Å². The van der Waals surface area contributed by atoms with Crippen molar-refractivity contribution in [3.63, 3.8) is 0 Å². The molecule has 0 fully saturated rings. The van der Waals surface area contributed by atoms with Crippen molar-refractivity contribution in [2.45, 2.75) is 56.9 Å². The Hall–Kier alpha value is -0.890. The van der Waals surface area contributed by atoms with Crippen LogP contribution < -0.4 is 4.74 Å². The first-order valence-electron chi connectivity index (χ1n) is 6.61. The fraction of sp³-hybridized carbons (Fsp3) is 0.600. The highest BCUT2D eigenvalue weighted by Gasteiger charge is 2.21. The Kier molecular flexibility index (Phi) is 4.06. The van der Waals surface area contributed by atoms with Crippen LogP contribution in [0.15, 0.2) is 18.2 Å². The molecule has 1 aromatic rings. The first-order chi connectivity index (χ1) is 8.44. The van der Waals surface area contributed by atoms with Crippen LogP contribution in [0.3, 0.4) is 0 Å². The summed E-state index contributed by atoms with van der Waals surface area (Å²) in [7, 11) is 0. The summed E-state index contributed by atoms with van der Waals surface area (Å²) in [5, 5.41) is 9.41. The third-order valence-electron chi connectivity index (χ3n) is 3.37. The van der Waals surface area contributed by atoms with Crippen molar-refractivity contribution in [3.05, 3.63) is 23.8 Å². The van der Waals surface area contributed by atoms with Crippen LogP contribution in [0.2, 0.25) is 0 Å². The highest BCUT2D eigenvalue weighted by molar-refractivity contribution is 6.23. The average Bonchev–Trinajstić information content (AvgIpc) is 2.27. The molecular weight excluding hydrogens is 248 g/mol. The van der Waals surface area contributed by atoms with Gasteiger partial charge in [0.2, 0.25) is 0 Å². The van der Waals surface area contributed by atoms with Crippen LogP contribution in [-0.4, -0.2) is 16.1 Å². The third kappa shape index (κ3) is 3.81. The number of hydrogen-bond donors (Lipinski definition) is 1. The summed E-state index contributed by atoms with van der Waals surface area (Å²) < 4.78 is 5.95. The van der Waals surface area contributed by atoms with Crippen molar-refractivity contribution in [3.8, 4) is 11.5 Å². The molecule has 18 heavy (non-hydrogen) atoms. The molecule has 1 aliphatic heterocycles. The van der Waals surface area contributed by atoms with Crippen molar-refractivity contribution < 1.29 is 9.84 Å². The summed E-state index contributed by atoms with van der Waals surface area (Å²) in [5.74, 6) is 1.24. The number of phenolic OH excluding ortho intramolecular Hbond substituents is 1. The quantitative estimate of drug-likeness (QED) is 0.826. The third-order valence-corrected chi connectivity index (χ3v) is 3.56. The minimum absolute atomic E-state index is 0.113. The van der Waals surface area contributed by atoms with Gasteiger partial charge >= 0.3 is 0 Å². The molecule has 100 valence electrons. The Morgan fingerprint density at radius 2 is 2.22 bits per heavy atom. The van der Waals surface area contributed by atoms with E-state index in [1.165, 1.54) is 0 Å². The van der Waals surface area contributed by atoms with Crippen LogP contribution in [0.25, 0.3) is 0 Å². The molecule has 3 heteroatoms. The number of phenols is 1. The largest absolute Gasteiger partial charge is 0.508 e. The maximum atomic E-state index is 9.41. The van der Waals surface area contributed by atoms with Gasteiger partial charge in [-0.2, -0.15) is 0 Å². The topological polar surface area (TPSA) is 29.5 Å². The van der Waals surface area contributed by atoms with Crippen LogP contribution >= 0.6 is 11.6 Å². The number of fused-ring (bicyclic) bond motifs is 1. The van der Waals surface area contributed by atoms with Gasteiger partial charge in [0.05, 0.1) is 6.10 Å². The number of ether oxygens (including phenoxy) is 1. The minimum atomic E-state index is -0.113. The Balaban J connectivity index is 1.86. The Morgan fingerprint density at radius 3 is 2.94 bits per heavy atom. The van der Waals surface area contributed by atoms with E-state index in [2.05, 4.69) is 0 Å². The van der Waals surface area contributed by atoms with Crippen molar-refractivity contribution in [2.24, 2.45) is 0 Å². The van der Waals surface area contributed by atoms with E-state index in [1.54, 1.807) is 12.1 Å². The smallest absolute Gasteiger partial charge is 0.123 e. The van der Waals surface area contributed by atoms with Gasteiger partial charge in [-0.25, -0.2) is 0 Å². The van der Waals surface area contributed by atoms with Gasteiger partial charge < -0.3 is 9.84 Å². The highest BCUT2D eigenvalue weighted by Crippen LogP contribution is 2.32. The number of halogens is 1. The first-order valence-corrected chi connectivity index (χ1v) is 6.99. The predicted octanol–water partition coefficient (Wildman–Crippen LogP) is 4.27. The Labute approximate surface area is 114 Å². The number of hydrogen-bond acceptors (Lipinski definition) is 2. The maximum Gasteiger partial charge on any atom is 0.123 e. The second-order valence-corrected chi connectivity index (χ2v) is 6.70. The maximum absolute atomic E-state index is 9.41. The molecular formula is C15H21ClO2. The number of aryl methyl sites for hydroxylation is 1. The summed E-state index contributed by atoms with van der Waals surface area (Å²) in [6.45, 7) is 4.10. The Morgan fingerprint density at radius 1 is 1.44 bits per heavy atom. The van der Waals surface area contributed by atoms with Gasteiger partial charge in [-0.1, -0.05) is 0 Å². The summed E-state index contributed by atoms with van der Waals surface area (Å²) in [6, 6.07) is 5.35. The molecule has 0 saturated heterocycles. The van der Waals surface area contributed by atoms with Gasteiger partial charge in [-0.15, -0.1) is 11.6 Å². The van der Waals surface area contributed by atoms with Gasteiger partial charge in [0.15, 0.2) is 0 Å². The highest BCUT2D eigenvalue weighted by atomic mass is 35.5. The lowest BCUT2D eigenvalue weighted by Gasteiger charge is -2.27. The van der Waals surface area contributed by atoms with Crippen molar-refractivity contribution in [1.29, 1.82) is 0 Å². The lowest BCUT2D eigenvalue weighted by Crippen LogP contribution is -2.23. The fourth-order valence-electron chi connectivity index (χ4n) is 2.38. The van der Waals surface area contributed by atoms with Crippen LogP contribution in [0.5, 0.6) is 11.5 Å². The monoisotopic (exact) mass is 268 g/mol. The summed E-state index contributed by atoms with van der Waals surface area (Å²) >= 11 is 6.18. The molecule has 1 aliphatic rings. The van der Waals surface area contributed by atoms with Crippen molar-refractivity contribution in [1.82, 2.24) is 0 Å². The van der Waals surface area contributed by atoms with Crippen LogP contribution in [0, 0.1) is 0 Å². The lowest BCUT2D eigenvalue weighted by atomic mass is 9.97. The van der Waals surface area contributed by atoms with E-state index in [1.807, 2.05) is 19.9 Å². The molecule has 2 nitrogen and oxygen atoms in total. The molecule has 0 aliphatic carbocycles. The summed E-state index contributed by atoms with van der Waals surface area (Å²) in [4.78, 5) is -0.113. The zero-order chi connectivity index (χ0) is 13.2. The van der Waals surface area contributed by atoms with Gasteiger partial charge in [-0.3, -0.25) is 0 Å². The van der Waals surface area contributed by atoms with Crippen molar-refractivity contribution >= 4 is 11.6 Å². The summed E-state index contributed by atoms with van der Waals surface area (Å²) in [6.07, 6.45) is 5.46. The molecule has 0 radical (unpaired) electrons. The second-order valence-electron chi connectivity index (χ2n) is 5.68. The van der Waals surface area contributed by atoms with Crippen LogP contribution in [0.1, 0.15) is 45.1 Å². The lowest BCUT2D eigenvalue weighted by molar-refractivity contribution is 0.159. The number of benzene rings is 1. The van der Waals surface area contributed by atoms with E-state index in [9.17, 15) is 5.11 Å². The predicted molar refractivity (Wildman–Crippen MR) is 74.6 cm³/mol. The zero-order valence-corrected chi connectivity index (χ0v) is 11.8. The van der Waals surface area contributed by atoms with Gasteiger partial charge in [-0.05, 0) is 69.7 Å². The molecule has 1 aromatic carbocycles. The number of aromatic hydroxyl groups is 1. The molecule has 1 unspecified atom stereocenters. The fourth-order valence-corrected chi connectivity index (χ4v) is 2.52.